The Balaban J connectivity index is 1.76. The zero-order valence-electron chi connectivity index (χ0n) is 44.4. The molecule has 1 aromatic carbocycles. The van der Waals surface area contributed by atoms with Crippen molar-refractivity contribution in [1.82, 2.24) is 9.80 Å². The minimum Gasteiger partial charge on any atom is -0.497 e. The number of cyclic esters (lactones) is 1. The number of rotatable bonds is 18. The van der Waals surface area contributed by atoms with Gasteiger partial charge in [0.25, 0.3) is 0 Å². The van der Waals surface area contributed by atoms with E-state index in [2.05, 4.69) is 4.90 Å². The van der Waals surface area contributed by atoms with E-state index in [0.29, 0.717) is 19.5 Å². The van der Waals surface area contributed by atoms with Gasteiger partial charge in [-0.3, -0.25) is 24.1 Å². The van der Waals surface area contributed by atoms with E-state index in [1.807, 2.05) is 31.2 Å². The van der Waals surface area contributed by atoms with Gasteiger partial charge in [-0.1, -0.05) is 32.9 Å². The highest BCUT2D eigenvalue weighted by Gasteiger charge is 2.54. The summed E-state index contributed by atoms with van der Waals surface area (Å²) >= 11 is 0. The van der Waals surface area contributed by atoms with Crippen molar-refractivity contribution in [3.63, 3.8) is 0 Å². The average Bonchev–Trinajstić information content (AvgIpc) is 3.31. The maximum absolute atomic E-state index is 13.9. The van der Waals surface area contributed by atoms with Crippen molar-refractivity contribution in [2.75, 3.05) is 55.6 Å². The number of carbonyl (C=O) groups is 4. The van der Waals surface area contributed by atoms with Gasteiger partial charge in [0, 0.05) is 73.6 Å². The van der Waals surface area contributed by atoms with Crippen LogP contribution in [0.2, 0.25) is 0 Å². The molecule has 406 valence electrons. The number of carbonyl (C=O) groups excluding carboxylic acids is 4. The Morgan fingerprint density at radius 3 is 2.11 bits per heavy atom. The van der Waals surface area contributed by atoms with Crippen LogP contribution in [-0.4, -0.2) is 191 Å². The van der Waals surface area contributed by atoms with Gasteiger partial charge >= 0.3 is 23.9 Å². The van der Waals surface area contributed by atoms with E-state index >= 15 is 0 Å². The number of methoxy groups -OCH3 is 4. The van der Waals surface area contributed by atoms with Crippen LogP contribution in [0.25, 0.3) is 0 Å². The monoisotopic (exact) mass is 1010 g/mol. The van der Waals surface area contributed by atoms with E-state index in [9.17, 15) is 29.4 Å². The van der Waals surface area contributed by atoms with Gasteiger partial charge in [0.1, 0.15) is 36.3 Å². The SMILES string of the molecule is CCC(=O)OC1C(C)OC(OC2C(C)OC(O[C@@H]3C(OC)[C@H](OC(=O)CC)CC(=O)O[C@H](C)CCN(Cc4ccc(OC)cc4)C[C@H](O)[C@H](C)C[C@@H]3CC(OC)OC)C(O)C2N(C)C)CC1(C)OC(C)=O. The minimum atomic E-state index is -1.42. The van der Waals surface area contributed by atoms with Crippen LogP contribution in [-0.2, 0) is 77.8 Å². The highest BCUT2D eigenvalue weighted by Crippen LogP contribution is 2.40. The molecule has 1 aromatic rings. The molecule has 3 saturated heterocycles. The molecule has 0 radical (unpaired) electrons. The second kappa shape index (κ2) is 28.2. The number of aliphatic hydroxyl groups is 2. The Bertz CT molecular complexity index is 1800. The molecule has 16 atom stereocenters. The van der Waals surface area contributed by atoms with E-state index in [0.717, 1.165) is 11.3 Å². The van der Waals surface area contributed by atoms with E-state index in [1.54, 1.807) is 67.6 Å². The Kier molecular flexibility index (Phi) is 23.9. The first-order valence-corrected chi connectivity index (χ1v) is 25.0. The number of hydrogen-bond acceptors (Lipinski definition) is 20. The van der Waals surface area contributed by atoms with Crippen molar-refractivity contribution in [2.45, 2.75) is 198 Å². The third-order valence-electron chi connectivity index (χ3n) is 13.8. The van der Waals surface area contributed by atoms with E-state index in [-0.39, 0.29) is 38.6 Å². The predicted molar refractivity (Wildman–Crippen MR) is 257 cm³/mol. The summed E-state index contributed by atoms with van der Waals surface area (Å²) in [5, 5.41) is 24.6. The summed E-state index contributed by atoms with van der Waals surface area (Å²) in [6.07, 6.45) is -12.3. The summed E-state index contributed by atoms with van der Waals surface area (Å²) in [5.41, 5.74) is -0.325. The number of aliphatic hydroxyl groups excluding tert-OH is 2. The fourth-order valence-corrected chi connectivity index (χ4v) is 9.99. The van der Waals surface area contributed by atoms with E-state index < -0.39 is 134 Å². The Morgan fingerprint density at radius 2 is 1.54 bits per heavy atom. The maximum atomic E-state index is 13.9. The molecule has 4 rings (SSSR count). The molecule has 0 saturated carbocycles. The Morgan fingerprint density at radius 1 is 0.887 bits per heavy atom. The topological polar surface area (TPSA) is 226 Å². The van der Waals surface area contributed by atoms with Gasteiger partial charge in [-0.15, -0.1) is 0 Å². The lowest BCUT2D eigenvalue weighted by atomic mass is 9.82. The van der Waals surface area contributed by atoms with Crippen LogP contribution in [0.4, 0.5) is 0 Å². The van der Waals surface area contributed by atoms with Gasteiger partial charge in [0.2, 0.25) is 0 Å². The van der Waals surface area contributed by atoms with Crippen molar-refractivity contribution in [2.24, 2.45) is 11.8 Å². The van der Waals surface area contributed by atoms with Crippen LogP contribution in [0.5, 0.6) is 5.75 Å². The van der Waals surface area contributed by atoms with Gasteiger partial charge in [-0.25, -0.2) is 0 Å². The highest BCUT2D eigenvalue weighted by molar-refractivity contribution is 5.73. The molecule has 20 heteroatoms. The Hall–Kier alpha value is -3.54. The quantitative estimate of drug-likeness (QED) is 0.120. The third-order valence-corrected chi connectivity index (χ3v) is 13.8. The lowest BCUT2D eigenvalue weighted by Gasteiger charge is -2.51. The number of benzene rings is 1. The lowest BCUT2D eigenvalue weighted by molar-refractivity contribution is -0.345. The van der Waals surface area contributed by atoms with E-state index in [4.69, 9.17) is 56.8 Å². The first kappa shape index (κ1) is 60.0. The number of esters is 4. The van der Waals surface area contributed by atoms with Crippen LogP contribution in [0, 0.1) is 11.8 Å². The Labute approximate surface area is 420 Å². The zero-order chi connectivity index (χ0) is 52.7. The number of likely N-dealkylation sites (N-methyl/N-ethyl adjacent to an activating group) is 1. The van der Waals surface area contributed by atoms with Crippen LogP contribution < -0.4 is 4.74 Å². The highest BCUT2D eigenvalue weighted by atomic mass is 16.7. The molecule has 10 unspecified atom stereocenters. The summed E-state index contributed by atoms with van der Waals surface area (Å²) in [5.74, 6) is -2.58. The fraction of sp³-hybridized carbons (Fsp3) is 0.804. The zero-order valence-corrected chi connectivity index (χ0v) is 44.4. The second-order valence-electron chi connectivity index (χ2n) is 19.6. The molecule has 3 heterocycles. The summed E-state index contributed by atoms with van der Waals surface area (Å²) in [6.45, 7) is 14.7. The van der Waals surface area contributed by atoms with E-state index in [1.165, 1.54) is 28.3 Å². The number of ether oxygens (including phenoxy) is 12. The molecule has 0 aromatic heterocycles. The van der Waals surface area contributed by atoms with Crippen LogP contribution in [0.15, 0.2) is 24.3 Å². The van der Waals surface area contributed by atoms with Crippen LogP contribution in [0.1, 0.15) is 106 Å². The summed E-state index contributed by atoms with van der Waals surface area (Å²) in [7, 11) is 9.58. The van der Waals surface area contributed by atoms with Gasteiger partial charge < -0.3 is 72.0 Å². The second-order valence-corrected chi connectivity index (χ2v) is 19.6. The van der Waals surface area contributed by atoms with Crippen molar-refractivity contribution in [3.05, 3.63) is 29.8 Å². The molecule has 0 spiro atoms. The van der Waals surface area contributed by atoms with Gasteiger partial charge in [-0.2, -0.15) is 0 Å². The van der Waals surface area contributed by atoms with Crippen molar-refractivity contribution >= 4 is 23.9 Å². The van der Waals surface area contributed by atoms with Gasteiger partial charge in [0.15, 0.2) is 30.6 Å². The molecular formula is C51H84N2O18. The molecule has 0 aliphatic carbocycles. The lowest BCUT2D eigenvalue weighted by Crippen LogP contribution is -2.66. The van der Waals surface area contributed by atoms with Gasteiger partial charge in [0.05, 0.1) is 44.0 Å². The standard InChI is InChI=1S/C51H84N2O18/c1-15-39(56)67-38-25-41(58)64-30(4)21-22-53(27-34-17-19-36(60-11)20-18-34)28-37(55)29(3)23-35(24-42(61-12)62-13)47(48(38)63-14)70-50-45(59)44(52(9)10)46(31(5)66-50)69-43-26-51(8,71-33(7)54)49(32(6)65-43)68-40(57)16-2/h17-20,29-32,35,37-38,42-50,55,59H,15-16,21-28H2,1-14H3/t29-,30-,31?,32?,35-,37+,38-,43?,44?,45?,46?,47+,48?,49?,50?,51?/m1/s1. The molecule has 3 fully saturated rings. The predicted octanol–water partition coefficient (Wildman–Crippen LogP) is 4.16. The van der Waals surface area contributed by atoms with Crippen LogP contribution >= 0.6 is 0 Å². The summed E-state index contributed by atoms with van der Waals surface area (Å²) in [6, 6.07) is 6.89. The van der Waals surface area contributed by atoms with Crippen molar-refractivity contribution in [3.8, 4) is 5.75 Å². The fourth-order valence-electron chi connectivity index (χ4n) is 9.99. The summed E-state index contributed by atoms with van der Waals surface area (Å²) in [4.78, 5) is 55.9. The van der Waals surface area contributed by atoms with Crippen molar-refractivity contribution in [1.29, 1.82) is 0 Å². The molecule has 20 nitrogen and oxygen atoms in total. The molecule has 0 bridgehead atoms. The average molecular weight is 1010 g/mol. The largest absolute Gasteiger partial charge is 0.497 e. The number of hydrogen-bond donors (Lipinski definition) is 2. The first-order chi connectivity index (χ1) is 33.6. The molecule has 2 N–H and O–H groups in total. The molecule has 0 amide bonds. The summed E-state index contributed by atoms with van der Waals surface area (Å²) < 4.78 is 73.1. The van der Waals surface area contributed by atoms with Crippen LogP contribution in [0.3, 0.4) is 0 Å². The molecule has 3 aliphatic rings. The first-order valence-electron chi connectivity index (χ1n) is 25.0. The number of β-amino-alcohol motifs (C(OH)–C–C–N with tert-alkyl or cyclic N) is 1. The molecular weight excluding hydrogens is 929 g/mol. The number of nitrogens with zero attached hydrogens (tertiary/aromatic N) is 2. The third kappa shape index (κ3) is 17.0. The van der Waals surface area contributed by atoms with Gasteiger partial charge in [-0.05, 0) is 84.2 Å². The normalized spacial score (nSPS) is 35.0. The molecule has 71 heavy (non-hydrogen) atoms. The maximum Gasteiger partial charge on any atom is 0.309 e. The minimum absolute atomic E-state index is 0.00204. The molecule has 3 aliphatic heterocycles. The van der Waals surface area contributed by atoms with Crippen molar-refractivity contribution < 1.29 is 86.2 Å². The smallest absolute Gasteiger partial charge is 0.309 e.